The number of rotatable bonds is 3. The summed E-state index contributed by atoms with van der Waals surface area (Å²) < 4.78 is 5.57. The van der Waals surface area contributed by atoms with E-state index < -0.39 is 0 Å². The lowest BCUT2D eigenvalue weighted by atomic mass is 9.63. The minimum absolute atomic E-state index is 0.00845. The second-order valence-corrected chi connectivity index (χ2v) is 8.30. The maximum Gasteiger partial charge on any atom is 0.254 e. The molecule has 0 spiro atoms. The van der Waals surface area contributed by atoms with Gasteiger partial charge in [-0.25, -0.2) is 0 Å². The average molecular weight is 417 g/mol. The Morgan fingerprint density at radius 2 is 1.81 bits per heavy atom. The Morgan fingerprint density at radius 1 is 1.19 bits per heavy atom. The van der Waals surface area contributed by atoms with Crippen molar-refractivity contribution in [3.63, 3.8) is 0 Å². The highest BCUT2D eigenvalue weighted by Gasteiger charge is 2.67. The van der Waals surface area contributed by atoms with Crippen LogP contribution in [-0.2, 0) is 9.59 Å². The molecule has 7 heteroatoms. The normalized spacial score (nSPS) is 36.6. The Hall–Kier alpha value is -2.15. The number of nitrogens with zero attached hydrogens (tertiary/aromatic N) is 2. The third kappa shape index (κ3) is 2.06. The van der Waals surface area contributed by atoms with Crippen LogP contribution in [0.1, 0.15) is 12.0 Å². The number of hydrogen-bond acceptors (Lipinski definition) is 5. The predicted octanol–water partition coefficient (Wildman–Crippen LogP) is 2.55. The van der Waals surface area contributed by atoms with Gasteiger partial charge in [-0.15, -0.1) is 0 Å². The van der Waals surface area contributed by atoms with Gasteiger partial charge >= 0.3 is 0 Å². The van der Waals surface area contributed by atoms with E-state index in [-0.39, 0.29) is 47.0 Å². The lowest BCUT2D eigenvalue weighted by Gasteiger charge is -2.37. The predicted molar refractivity (Wildman–Crippen MR) is 96.5 cm³/mol. The van der Waals surface area contributed by atoms with Crippen molar-refractivity contribution in [3.8, 4) is 11.5 Å². The molecule has 4 aliphatic carbocycles. The number of halogens is 1. The van der Waals surface area contributed by atoms with Gasteiger partial charge in [0.15, 0.2) is 11.5 Å². The molecule has 2 bridgehead atoms. The van der Waals surface area contributed by atoms with Crippen molar-refractivity contribution < 1.29 is 19.4 Å². The van der Waals surface area contributed by atoms with Gasteiger partial charge in [0, 0.05) is 0 Å². The fraction of sp³-hybridized carbons (Fsp3) is 0.421. The third-order valence-corrected chi connectivity index (χ3v) is 6.84. The van der Waals surface area contributed by atoms with Gasteiger partial charge in [0.25, 0.3) is 11.8 Å². The second-order valence-electron chi connectivity index (χ2n) is 7.44. The van der Waals surface area contributed by atoms with Crippen LogP contribution in [0.5, 0.6) is 11.5 Å². The standard InChI is InChI=1S/C19H17BrN2O4/c1-26-14-5-8(4-13(20)17(14)23)7-21-22-18(24)15-9-2-3-10(12-6-11(9)12)16(15)19(22)25/h2-5,7,9-12,15-16,23H,6H2,1H3/b21-7-/t9-,10-,11-,12-,15+,16+/m1/s1. The molecule has 1 heterocycles. The van der Waals surface area contributed by atoms with Gasteiger partial charge in [0.05, 0.1) is 29.6 Å². The maximum absolute atomic E-state index is 12.9. The molecule has 1 N–H and O–H groups in total. The van der Waals surface area contributed by atoms with E-state index in [1.807, 2.05) is 0 Å². The summed E-state index contributed by atoms with van der Waals surface area (Å²) >= 11 is 3.25. The highest BCUT2D eigenvalue weighted by Crippen LogP contribution is 2.65. The molecule has 134 valence electrons. The van der Waals surface area contributed by atoms with E-state index >= 15 is 0 Å². The van der Waals surface area contributed by atoms with Crippen molar-refractivity contribution in [2.45, 2.75) is 6.42 Å². The molecule has 6 atom stereocenters. The number of phenolic OH excluding ortho intramolecular Hbond substituents is 1. The molecule has 0 radical (unpaired) electrons. The zero-order valence-electron chi connectivity index (χ0n) is 14.0. The van der Waals surface area contributed by atoms with Crippen LogP contribution in [0, 0.1) is 35.5 Å². The highest BCUT2D eigenvalue weighted by molar-refractivity contribution is 9.10. The Balaban J connectivity index is 1.44. The molecule has 1 aliphatic heterocycles. The zero-order chi connectivity index (χ0) is 18.2. The van der Waals surface area contributed by atoms with Crippen LogP contribution < -0.4 is 4.74 Å². The lowest BCUT2D eigenvalue weighted by molar-refractivity contribution is -0.140. The molecule has 3 fully saturated rings. The molecular weight excluding hydrogens is 400 g/mol. The van der Waals surface area contributed by atoms with Crippen molar-refractivity contribution in [2.24, 2.45) is 40.6 Å². The van der Waals surface area contributed by atoms with Gasteiger partial charge < -0.3 is 9.84 Å². The molecular formula is C19H17BrN2O4. The van der Waals surface area contributed by atoms with Crippen molar-refractivity contribution in [1.82, 2.24) is 5.01 Å². The summed E-state index contributed by atoms with van der Waals surface area (Å²) in [6, 6.07) is 3.25. The quantitative estimate of drug-likeness (QED) is 0.466. The van der Waals surface area contributed by atoms with Crippen LogP contribution in [0.25, 0.3) is 0 Å². The summed E-state index contributed by atoms with van der Waals surface area (Å²) in [7, 11) is 1.45. The van der Waals surface area contributed by atoms with E-state index in [1.54, 1.807) is 12.1 Å². The van der Waals surface area contributed by atoms with Crippen molar-refractivity contribution >= 4 is 34.0 Å². The van der Waals surface area contributed by atoms with Gasteiger partial charge in [0.2, 0.25) is 0 Å². The van der Waals surface area contributed by atoms with Crippen molar-refractivity contribution in [3.05, 3.63) is 34.3 Å². The van der Waals surface area contributed by atoms with E-state index in [0.29, 0.717) is 21.9 Å². The first kappa shape index (κ1) is 16.1. The molecule has 6 rings (SSSR count). The first-order valence-electron chi connectivity index (χ1n) is 8.68. The number of aromatic hydroxyl groups is 1. The molecule has 1 aromatic rings. The molecule has 2 saturated carbocycles. The van der Waals surface area contributed by atoms with Crippen molar-refractivity contribution in [1.29, 1.82) is 0 Å². The van der Waals surface area contributed by atoms with Crippen LogP contribution in [-0.4, -0.2) is 35.3 Å². The monoisotopic (exact) mass is 416 g/mol. The molecule has 1 saturated heterocycles. The first-order valence-corrected chi connectivity index (χ1v) is 9.47. The zero-order valence-corrected chi connectivity index (χ0v) is 15.6. The third-order valence-electron chi connectivity index (χ3n) is 6.23. The minimum atomic E-state index is -0.250. The number of hydrogen-bond donors (Lipinski definition) is 1. The summed E-state index contributed by atoms with van der Waals surface area (Å²) in [5, 5.41) is 15.1. The number of methoxy groups -OCH3 is 1. The molecule has 2 amide bonds. The van der Waals surface area contributed by atoms with E-state index in [0.717, 1.165) is 11.4 Å². The number of hydrazone groups is 1. The summed E-state index contributed by atoms with van der Waals surface area (Å²) in [6.45, 7) is 0. The van der Waals surface area contributed by atoms with Crippen LogP contribution in [0.2, 0.25) is 0 Å². The highest BCUT2D eigenvalue weighted by atomic mass is 79.9. The number of carbonyl (C=O) groups excluding carboxylic acids is 2. The number of phenols is 1. The Bertz CT molecular complexity index is 860. The topological polar surface area (TPSA) is 79.2 Å². The average Bonchev–Trinajstić information content (AvgIpc) is 3.41. The fourth-order valence-electron chi connectivity index (χ4n) is 5.00. The molecule has 5 aliphatic rings. The molecule has 0 unspecified atom stereocenters. The lowest BCUT2D eigenvalue weighted by Crippen LogP contribution is -2.40. The second kappa shape index (κ2) is 5.42. The molecule has 1 aromatic carbocycles. The Labute approximate surface area is 158 Å². The summed E-state index contributed by atoms with van der Waals surface area (Å²) in [5.41, 5.74) is 0.617. The molecule has 6 nitrogen and oxygen atoms in total. The van der Waals surface area contributed by atoms with Gasteiger partial charge in [-0.3, -0.25) is 9.59 Å². The van der Waals surface area contributed by atoms with E-state index in [9.17, 15) is 14.7 Å². The van der Waals surface area contributed by atoms with Gasteiger partial charge in [-0.2, -0.15) is 10.1 Å². The van der Waals surface area contributed by atoms with Gasteiger partial charge in [-0.1, -0.05) is 12.2 Å². The number of ether oxygens (including phenoxy) is 1. The smallest absolute Gasteiger partial charge is 0.254 e. The fourth-order valence-corrected chi connectivity index (χ4v) is 5.46. The SMILES string of the molecule is COc1cc(/C=N\N2C(=O)[C@H]3[C@@H]4C=C[C@H]([C@H]5C[C@H]45)[C@@H]3C2=O)cc(Br)c1O. The molecule has 0 aromatic heterocycles. The summed E-state index contributed by atoms with van der Waals surface area (Å²) in [5.74, 6) is 0.926. The van der Waals surface area contributed by atoms with Gasteiger partial charge in [0.1, 0.15) is 0 Å². The van der Waals surface area contributed by atoms with Crippen LogP contribution in [0.15, 0.2) is 33.9 Å². The van der Waals surface area contributed by atoms with E-state index in [2.05, 4.69) is 33.2 Å². The van der Waals surface area contributed by atoms with Crippen molar-refractivity contribution in [2.75, 3.05) is 7.11 Å². The minimum Gasteiger partial charge on any atom is -0.503 e. The Kier molecular flexibility index (Phi) is 3.35. The number of amides is 2. The number of imide groups is 1. The summed E-state index contributed by atoms with van der Waals surface area (Å²) in [6.07, 6.45) is 6.87. The number of allylic oxidation sites excluding steroid dienone is 2. The summed E-state index contributed by atoms with van der Waals surface area (Å²) in [4.78, 5) is 25.7. The largest absolute Gasteiger partial charge is 0.503 e. The van der Waals surface area contributed by atoms with Crippen LogP contribution in [0.4, 0.5) is 0 Å². The number of carbonyl (C=O) groups is 2. The van der Waals surface area contributed by atoms with E-state index in [1.165, 1.54) is 13.3 Å². The van der Waals surface area contributed by atoms with E-state index in [4.69, 9.17) is 4.74 Å². The van der Waals surface area contributed by atoms with Crippen LogP contribution in [0.3, 0.4) is 0 Å². The van der Waals surface area contributed by atoms with Crippen LogP contribution >= 0.6 is 15.9 Å². The van der Waals surface area contributed by atoms with Gasteiger partial charge in [-0.05, 0) is 63.7 Å². The number of benzene rings is 1. The molecule has 26 heavy (non-hydrogen) atoms. The maximum atomic E-state index is 12.9. The first-order chi connectivity index (χ1) is 12.5. The Morgan fingerprint density at radius 3 is 2.38 bits per heavy atom.